The van der Waals surface area contributed by atoms with Crippen molar-refractivity contribution in [3.63, 3.8) is 0 Å². The second-order valence-corrected chi connectivity index (χ2v) is 5.12. The van der Waals surface area contributed by atoms with Crippen molar-refractivity contribution < 1.29 is 38.8 Å². The summed E-state index contributed by atoms with van der Waals surface area (Å²) in [6, 6.07) is -0.0935. The van der Waals surface area contributed by atoms with E-state index in [4.69, 9.17) is 24.4 Å². The van der Waals surface area contributed by atoms with Gasteiger partial charge in [-0.15, -0.1) is 0 Å². The van der Waals surface area contributed by atoms with Gasteiger partial charge in [-0.1, -0.05) is 13.8 Å². The van der Waals surface area contributed by atoms with Crippen molar-refractivity contribution in [1.29, 1.82) is 0 Å². The first-order chi connectivity index (χ1) is 11.8. The first kappa shape index (κ1) is 20.2. The van der Waals surface area contributed by atoms with E-state index in [1.807, 2.05) is 0 Å². The maximum atomic E-state index is 12.2. The maximum Gasteiger partial charge on any atom is 0.328 e. The number of ether oxygens (including phenoxy) is 3. The number of hydrogen-bond acceptors (Lipinski definition) is 8. The van der Waals surface area contributed by atoms with Crippen LogP contribution in [0.25, 0.3) is 0 Å². The SMILES string of the molecule is COc1ccnc(C(=O)N[C@@H](CO)C(=O)O)c1OCOC(=O)C(C)C. The van der Waals surface area contributed by atoms with Gasteiger partial charge in [0, 0.05) is 12.3 Å². The minimum absolute atomic E-state index is 0.124. The smallest absolute Gasteiger partial charge is 0.328 e. The van der Waals surface area contributed by atoms with Gasteiger partial charge in [-0.3, -0.25) is 9.59 Å². The van der Waals surface area contributed by atoms with Crippen molar-refractivity contribution in [3.05, 3.63) is 18.0 Å². The molecular weight excluding hydrogens is 336 g/mol. The summed E-state index contributed by atoms with van der Waals surface area (Å²) in [6.07, 6.45) is 1.26. The molecule has 0 aliphatic carbocycles. The molecule has 0 unspecified atom stereocenters. The maximum absolute atomic E-state index is 12.2. The van der Waals surface area contributed by atoms with Gasteiger partial charge < -0.3 is 29.7 Å². The minimum atomic E-state index is -1.51. The zero-order chi connectivity index (χ0) is 19.0. The molecule has 1 atom stereocenters. The Morgan fingerprint density at radius 1 is 1.32 bits per heavy atom. The molecule has 0 aromatic carbocycles. The molecule has 1 heterocycles. The Labute approximate surface area is 143 Å². The highest BCUT2D eigenvalue weighted by atomic mass is 16.7. The number of methoxy groups -OCH3 is 1. The number of aliphatic carboxylic acids is 1. The molecule has 0 aliphatic heterocycles. The van der Waals surface area contributed by atoms with Gasteiger partial charge in [0.1, 0.15) is 0 Å². The molecule has 0 saturated heterocycles. The van der Waals surface area contributed by atoms with Crippen molar-refractivity contribution in [2.45, 2.75) is 19.9 Å². The van der Waals surface area contributed by atoms with Crippen LogP contribution in [0.4, 0.5) is 0 Å². The number of esters is 1. The Hall–Kier alpha value is -2.88. The number of nitrogens with zero attached hydrogens (tertiary/aromatic N) is 1. The molecule has 1 rings (SSSR count). The van der Waals surface area contributed by atoms with Crippen molar-refractivity contribution in [3.8, 4) is 11.5 Å². The molecule has 1 aromatic rings. The summed E-state index contributed by atoms with van der Waals surface area (Å²) in [5.74, 6) is -3.15. The number of carbonyl (C=O) groups excluding carboxylic acids is 2. The van der Waals surface area contributed by atoms with E-state index in [1.165, 1.54) is 19.4 Å². The molecule has 0 fully saturated rings. The van der Waals surface area contributed by atoms with Crippen LogP contribution in [0.15, 0.2) is 12.3 Å². The Balaban J connectivity index is 2.97. The third-order valence-electron chi connectivity index (χ3n) is 2.97. The number of aliphatic hydroxyl groups is 1. The highest BCUT2D eigenvalue weighted by Gasteiger charge is 2.25. The van der Waals surface area contributed by atoms with Gasteiger partial charge in [0.05, 0.1) is 19.6 Å². The quantitative estimate of drug-likeness (QED) is 0.404. The van der Waals surface area contributed by atoms with Crippen molar-refractivity contribution >= 4 is 17.8 Å². The van der Waals surface area contributed by atoms with Crippen LogP contribution >= 0.6 is 0 Å². The van der Waals surface area contributed by atoms with Gasteiger partial charge >= 0.3 is 11.9 Å². The third-order valence-corrected chi connectivity index (χ3v) is 2.97. The predicted molar refractivity (Wildman–Crippen MR) is 83.2 cm³/mol. The van der Waals surface area contributed by atoms with Crippen LogP contribution in [0.5, 0.6) is 11.5 Å². The second-order valence-electron chi connectivity index (χ2n) is 5.12. The lowest BCUT2D eigenvalue weighted by atomic mass is 10.2. The van der Waals surface area contributed by atoms with Gasteiger partial charge in [-0.25, -0.2) is 9.78 Å². The number of amides is 1. The average Bonchev–Trinajstić information content (AvgIpc) is 2.58. The number of nitrogens with one attached hydrogen (secondary N) is 1. The Morgan fingerprint density at radius 2 is 2.00 bits per heavy atom. The van der Waals surface area contributed by atoms with Gasteiger partial charge in [0.15, 0.2) is 23.2 Å². The standard InChI is InChI=1S/C15H20N2O8/c1-8(2)15(22)25-7-24-12-10(23-3)4-5-16-11(12)13(19)17-9(6-18)14(20)21/h4-5,8-9,18H,6-7H2,1-3H3,(H,17,19)(H,20,21)/t9-/m0/s1. The fraction of sp³-hybridized carbons (Fsp3) is 0.467. The first-order valence-corrected chi connectivity index (χ1v) is 7.28. The average molecular weight is 356 g/mol. The summed E-state index contributed by atoms with van der Waals surface area (Å²) in [6.45, 7) is 2.01. The number of aromatic nitrogens is 1. The van der Waals surface area contributed by atoms with E-state index in [1.54, 1.807) is 13.8 Å². The largest absolute Gasteiger partial charge is 0.493 e. The summed E-state index contributed by atoms with van der Waals surface area (Å²) >= 11 is 0. The van der Waals surface area contributed by atoms with Gasteiger partial charge in [-0.2, -0.15) is 0 Å². The van der Waals surface area contributed by atoms with E-state index < -0.39 is 37.3 Å². The van der Waals surface area contributed by atoms with Gasteiger partial charge in [0.25, 0.3) is 5.91 Å². The first-order valence-electron chi connectivity index (χ1n) is 7.28. The molecule has 0 saturated carbocycles. The highest BCUT2D eigenvalue weighted by Crippen LogP contribution is 2.29. The summed E-state index contributed by atoms with van der Waals surface area (Å²) in [4.78, 5) is 38.4. The van der Waals surface area contributed by atoms with E-state index in [0.717, 1.165) is 0 Å². The predicted octanol–water partition coefficient (Wildman–Crippen LogP) is -0.199. The zero-order valence-electron chi connectivity index (χ0n) is 14.0. The number of carbonyl (C=O) groups is 3. The van der Waals surface area contributed by atoms with Crippen LogP contribution in [-0.4, -0.2) is 59.6 Å². The summed E-state index contributed by atoms with van der Waals surface area (Å²) in [5.41, 5.74) is -0.278. The summed E-state index contributed by atoms with van der Waals surface area (Å²) in [7, 11) is 1.33. The molecule has 1 aromatic heterocycles. The van der Waals surface area contributed by atoms with E-state index in [9.17, 15) is 14.4 Å². The number of carboxylic acid groups (broad SMARTS) is 1. The zero-order valence-corrected chi connectivity index (χ0v) is 14.0. The van der Waals surface area contributed by atoms with E-state index >= 15 is 0 Å². The molecule has 0 radical (unpaired) electrons. The third kappa shape index (κ3) is 5.60. The number of rotatable bonds is 9. The number of aliphatic hydroxyl groups excluding tert-OH is 1. The van der Waals surface area contributed by atoms with Crippen LogP contribution in [0.3, 0.4) is 0 Å². The Morgan fingerprint density at radius 3 is 2.52 bits per heavy atom. The van der Waals surface area contributed by atoms with Crippen LogP contribution in [0, 0.1) is 5.92 Å². The molecule has 3 N–H and O–H groups in total. The molecule has 0 spiro atoms. The lowest BCUT2D eigenvalue weighted by molar-refractivity contribution is -0.154. The number of carboxylic acids is 1. The van der Waals surface area contributed by atoms with E-state index in [-0.39, 0.29) is 23.1 Å². The highest BCUT2D eigenvalue weighted by molar-refractivity contribution is 5.97. The summed E-state index contributed by atoms with van der Waals surface area (Å²) in [5, 5.41) is 20.0. The lowest BCUT2D eigenvalue weighted by Gasteiger charge is -2.16. The van der Waals surface area contributed by atoms with Crippen LogP contribution in [0.1, 0.15) is 24.3 Å². The van der Waals surface area contributed by atoms with E-state index in [0.29, 0.717) is 0 Å². The number of pyridine rings is 1. The molecule has 0 bridgehead atoms. The van der Waals surface area contributed by atoms with Crippen molar-refractivity contribution in [2.75, 3.05) is 20.5 Å². The van der Waals surface area contributed by atoms with Crippen molar-refractivity contribution in [2.24, 2.45) is 5.92 Å². The van der Waals surface area contributed by atoms with Crippen LogP contribution < -0.4 is 14.8 Å². The number of hydrogen-bond donors (Lipinski definition) is 3. The summed E-state index contributed by atoms with van der Waals surface area (Å²) < 4.78 is 15.2. The molecule has 138 valence electrons. The fourth-order valence-electron chi connectivity index (χ4n) is 1.62. The van der Waals surface area contributed by atoms with Gasteiger partial charge in [-0.05, 0) is 0 Å². The van der Waals surface area contributed by atoms with E-state index in [2.05, 4.69) is 10.3 Å². The Kier molecular flexibility index (Phi) is 7.60. The fourth-order valence-corrected chi connectivity index (χ4v) is 1.62. The molecular formula is C15H20N2O8. The Bertz CT molecular complexity index is 632. The second kappa shape index (κ2) is 9.42. The monoisotopic (exact) mass is 356 g/mol. The molecule has 25 heavy (non-hydrogen) atoms. The van der Waals surface area contributed by atoms with Crippen LogP contribution in [-0.2, 0) is 14.3 Å². The topological polar surface area (TPSA) is 144 Å². The van der Waals surface area contributed by atoms with Crippen molar-refractivity contribution in [1.82, 2.24) is 10.3 Å². The van der Waals surface area contributed by atoms with Crippen LogP contribution in [0.2, 0.25) is 0 Å². The normalized spacial score (nSPS) is 11.6. The molecule has 1 amide bonds. The molecule has 10 heteroatoms. The lowest BCUT2D eigenvalue weighted by Crippen LogP contribution is -2.43. The molecule has 0 aliphatic rings. The molecule has 10 nitrogen and oxygen atoms in total. The minimum Gasteiger partial charge on any atom is -0.493 e. The van der Waals surface area contributed by atoms with Gasteiger partial charge in [0.2, 0.25) is 6.79 Å².